The van der Waals surface area contributed by atoms with E-state index < -0.39 is 0 Å². The SMILES string of the molecule is CC.CC.CC.O=C1CCCCC1. The van der Waals surface area contributed by atoms with Crippen LogP contribution in [0.4, 0.5) is 0 Å². The number of rotatable bonds is 0. The molecule has 1 aliphatic carbocycles. The van der Waals surface area contributed by atoms with E-state index in [0.29, 0.717) is 5.78 Å². The quantitative estimate of drug-likeness (QED) is 0.543. The van der Waals surface area contributed by atoms with Crippen molar-refractivity contribution in [2.75, 3.05) is 0 Å². The molecule has 1 nitrogen and oxygen atoms in total. The van der Waals surface area contributed by atoms with Crippen LogP contribution in [0.3, 0.4) is 0 Å². The predicted octanol–water partition coefficient (Wildman–Crippen LogP) is 4.60. The highest BCUT2D eigenvalue weighted by Crippen LogP contribution is 2.12. The molecule has 0 aliphatic heterocycles. The van der Waals surface area contributed by atoms with Crippen molar-refractivity contribution in [2.24, 2.45) is 0 Å². The van der Waals surface area contributed by atoms with Crippen LogP contribution >= 0.6 is 0 Å². The summed E-state index contributed by atoms with van der Waals surface area (Å²) in [6, 6.07) is 0. The zero-order valence-corrected chi connectivity index (χ0v) is 10.4. The summed E-state index contributed by atoms with van der Waals surface area (Å²) in [5.41, 5.74) is 0. The smallest absolute Gasteiger partial charge is 0.132 e. The third-order valence-corrected chi connectivity index (χ3v) is 1.41. The van der Waals surface area contributed by atoms with E-state index in [1.807, 2.05) is 41.5 Å². The minimum Gasteiger partial charge on any atom is -0.300 e. The lowest BCUT2D eigenvalue weighted by Gasteiger charge is -2.05. The van der Waals surface area contributed by atoms with Crippen LogP contribution in [0.5, 0.6) is 0 Å². The van der Waals surface area contributed by atoms with E-state index in [4.69, 9.17) is 0 Å². The Hall–Kier alpha value is -0.330. The van der Waals surface area contributed by atoms with E-state index in [0.717, 1.165) is 25.7 Å². The Morgan fingerprint density at radius 3 is 1.15 bits per heavy atom. The normalized spacial score (nSPS) is 13.5. The minimum atomic E-state index is 0.464. The Kier molecular flexibility index (Phi) is 32.1. The Balaban J connectivity index is -0.000000144. The molecule has 0 aromatic rings. The number of ketones is 1. The molecule has 0 unspecified atom stereocenters. The van der Waals surface area contributed by atoms with Gasteiger partial charge in [-0.2, -0.15) is 0 Å². The molecule has 82 valence electrons. The zero-order valence-electron chi connectivity index (χ0n) is 10.4. The summed E-state index contributed by atoms with van der Waals surface area (Å²) in [7, 11) is 0. The average Bonchev–Trinajstić information content (AvgIpc) is 2.28. The van der Waals surface area contributed by atoms with E-state index >= 15 is 0 Å². The van der Waals surface area contributed by atoms with E-state index in [1.54, 1.807) is 0 Å². The molecular weight excluding hydrogens is 160 g/mol. The Morgan fingerprint density at radius 2 is 1.00 bits per heavy atom. The lowest BCUT2D eigenvalue weighted by atomic mass is 10.00. The van der Waals surface area contributed by atoms with Gasteiger partial charge in [-0.1, -0.05) is 48.0 Å². The number of carbonyl (C=O) groups is 1. The van der Waals surface area contributed by atoms with Gasteiger partial charge in [0.15, 0.2) is 0 Å². The molecule has 1 saturated carbocycles. The first-order valence-electron chi connectivity index (χ1n) is 5.91. The van der Waals surface area contributed by atoms with E-state index in [-0.39, 0.29) is 0 Å². The molecule has 0 aromatic carbocycles. The molecule has 1 fully saturated rings. The van der Waals surface area contributed by atoms with Crippen molar-refractivity contribution in [3.05, 3.63) is 0 Å². The first kappa shape index (κ1) is 18.5. The van der Waals surface area contributed by atoms with Crippen LogP contribution in [0.15, 0.2) is 0 Å². The molecular formula is C12H28O. The summed E-state index contributed by atoms with van der Waals surface area (Å²) in [4.78, 5) is 10.5. The second kappa shape index (κ2) is 22.6. The summed E-state index contributed by atoms with van der Waals surface area (Å²) in [6.45, 7) is 12.0. The first-order valence-corrected chi connectivity index (χ1v) is 5.91. The Labute approximate surface area is 84.9 Å². The summed E-state index contributed by atoms with van der Waals surface area (Å²) in [6.07, 6.45) is 5.24. The van der Waals surface area contributed by atoms with Crippen LogP contribution in [0, 0.1) is 0 Å². The van der Waals surface area contributed by atoms with Crippen LogP contribution in [0.1, 0.15) is 73.6 Å². The third kappa shape index (κ3) is 18.5. The zero-order chi connectivity index (χ0) is 11.1. The number of carbonyl (C=O) groups excluding carboxylic acids is 1. The predicted molar refractivity (Wildman–Crippen MR) is 62.1 cm³/mol. The molecule has 0 saturated heterocycles. The maximum Gasteiger partial charge on any atom is 0.132 e. The largest absolute Gasteiger partial charge is 0.300 e. The van der Waals surface area contributed by atoms with Gasteiger partial charge >= 0.3 is 0 Å². The molecule has 1 rings (SSSR count). The topological polar surface area (TPSA) is 17.1 Å². The second-order valence-electron chi connectivity index (χ2n) is 2.10. The second-order valence-corrected chi connectivity index (χ2v) is 2.10. The number of hydrogen-bond acceptors (Lipinski definition) is 1. The van der Waals surface area contributed by atoms with Gasteiger partial charge in [-0.25, -0.2) is 0 Å². The highest BCUT2D eigenvalue weighted by Gasteiger charge is 2.05. The van der Waals surface area contributed by atoms with E-state index in [1.165, 1.54) is 6.42 Å². The molecule has 0 atom stereocenters. The average molecular weight is 188 g/mol. The summed E-state index contributed by atoms with van der Waals surface area (Å²) in [5.74, 6) is 0.464. The summed E-state index contributed by atoms with van der Waals surface area (Å²) >= 11 is 0. The minimum absolute atomic E-state index is 0.464. The Morgan fingerprint density at radius 1 is 0.692 bits per heavy atom. The van der Waals surface area contributed by atoms with Gasteiger partial charge in [0.2, 0.25) is 0 Å². The fraction of sp³-hybridized carbons (Fsp3) is 0.917. The van der Waals surface area contributed by atoms with Crippen molar-refractivity contribution in [1.82, 2.24) is 0 Å². The van der Waals surface area contributed by atoms with Crippen LogP contribution < -0.4 is 0 Å². The molecule has 0 amide bonds. The van der Waals surface area contributed by atoms with E-state index in [9.17, 15) is 4.79 Å². The van der Waals surface area contributed by atoms with Crippen molar-refractivity contribution >= 4 is 5.78 Å². The first-order chi connectivity index (χ1) is 6.39. The van der Waals surface area contributed by atoms with Gasteiger partial charge in [0.05, 0.1) is 0 Å². The van der Waals surface area contributed by atoms with Gasteiger partial charge in [-0.3, -0.25) is 4.79 Å². The van der Waals surface area contributed by atoms with Gasteiger partial charge < -0.3 is 0 Å². The molecule has 13 heavy (non-hydrogen) atoms. The molecule has 0 heterocycles. The van der Waals surface area contributed by atoms with Crippen molar-refractivity contribution in [3.63, 3.8) is 0 Å². The van der Waals surface area contributed by atoms with Gasteiger partial charge in [-0.15, -0.1) is 0 Å². The van der Waals surface area contributed by atoms with Crippen molar-refractivity contribution < 1.29 is 4.79 Å². The molecule has 0 bridgehead atoms. The lowest BCUT2D eigenvalue weighted by Crippen LogP contribution is -2.02. The van der Waals surface area contributed by atoms with Gasteiger partial charge in [0, 0.05) is 12.8 Å². The van der Waals surface area contributed by atoms with Crippen molar-refractivity contribution in [3.8, 4) is 0 Å². The maximum atomic E-state index is 10.5. The monoisotopic (exact) mass is 188 g/mol. The van der Waals surface area contributed by atoms with Gasteiger partial charge in [-0.05, 0) is 12.8 Å². The van der Waals surface area contributed by atoms with Crippen molar-refractivity contribution in [2.45, 2.75) is 73.6 Å². The van der Waals surface area contributed by atoms with Crippen molar-refractivity contribution in [1.29, 1.82) is 0 Å². The summed E-state index contributed by atoms with van der Waals surface area (Å²) < 4.78 is 0. The standard InChI is InChI=1S/C6H10O.3C2H6/c7-6-4-2-1-3-5-6;3*1-2/h1-5H2;3*1-2H3. The highest BCUT2D eigenvalue weighted by atomic mass is 16.1. The van der Waals surface area contributed by atoms with E-state index in [2.05, 4.69) is 0 Å². The van der Waals surface area contributed by atoms with Gasteiger partial charge in [0.1, 0.15) is 5.78 Å². The fourth-order valence-electron chi connectivity index (χ4n) is 0.946. The molecule has 1 aliphatic rings. The fourth-order valence-corrected chi connectivity index (χ4v) is 0.946. The molecule has 0 aromatic heterocycles. The molecule has 1 heteroatoms. The molecule has 0 spiro atoms. The van der Waals surface area contributed by atoms with Crippen LogP contribution in [0.2, 0.25) is 0 Å². The third-order valence-electron chi connectivity index (χ3n) is 1.41. The Bertz CT molecular complexity index is 69.2. The number of Topliss-reactive ketones (excluding diaryl/α,β-unsaturated/α-hetero) is 1. The van der Waals surface area contributed by atoms with Crippen LogP contribution in [-0.2, 0) is 4.79 Å². The maximum absolute atomic E-state index is 10.5. The van der Waals surface area contributed by atoms with Crippen LogP contribution in [-0.4, -0.2) is 5.78 Å². The lowest BCUT2D eigenvalue weighted by molar-refractivity contribution is -0.120. The molecule has 0 radical (unpaired) electrons. The number of hydrogen-bond donors (Lipinski definition) is 0. The summed E-state index contributed by atoms with van der Waals surface area (Å²) in [5, 5.41) is 0. The molecule has 0 N–H and O–H groups in total. The highest BCUT2D eigenvalue weighted by molar-refractivity contribution is 5.78. The van der Waals surface area contributed by atoms with Gasteiger partial charge in [0.25, 0.3) is 0 Å². The van der Waals surface area contributed by atoms with Crippen LogP contribution in [0.25, 0.3) is 0 Å².